The number of H-pyrrole nitrogens is 1. The van der Waals surface area contributed by atoms with E-state index in [9.17, 15) is 18.7 Å². The zero-order valence-corrected chi connectivity index (χ0v) is 19.3. The van der Waals surface area contributed by atoms with Gasteiger partial charge in [-0.3, -0.25) is 14.8 Å². The highest BCUT2D eigenvalue weighted by atomic mass is 19.3. The maximum absolute atomic E-state index is 13.7. The number of piperidine rings is 1. The van der Waals surface area contributed by atoms with Crippen molar-refractivity contribution in [3.63, 3.8) is 0 Å². The number of halogens is 2. The van der Waals surface area contributed by atoms with Crippen LogP contribution in [0.3, 0.4) is 0 Å². The van der Waals surface area contributed by atoms with Gasteiger partial charge in [0.05, 0.1) is 41.3 Å². The summed E-state index contributed by atoms with van der Waals surface area (Å²) in [5, 5.41) is 24.9. The molecule has 2 fully saturated rings. The van der Waals surface area contributed by atoms with E-state index in [4.69, 9.17) is 0 Å². The Bertz CT molecular complexity index is 1200. The van der Waals surface area contributed by atoms with Crippen molar-refractivity contribution in [2.24, 2.45) is 11.3 Å². The number of rotatable bonds is 6. The van der Waals surface area contributed by atoms with Gasteiger partial charge in [-0.05, 0) is 37.7 Å². The Hall–Kier alpha value is -3.08. The number of alkyl halides is 2. The van der Waals surface area contributed by atoms with Crippen LogP contribution in [0, 0.1) is 11.3 Å². The molecule has 11 heteroatoms. The first-order chi connectivity index (χ1) is 16.3. The molecule has 1 aliphatic heterocycles. The molecule has 0 radical (unpaired) electrons. The average Bonchev–Trinajstić information content (AvgIpc) is 3.22. The number of fused-ring (bicyclic) bond motifs is 1. The van der Waals surface area contributed by atoms with Crippen LogP contribution in [0.2, 0.25) is 0 Å². The molecular weight excluding hydrogens is 444 g/mol. The molecule has 3 aromatic heterocycles. The minimum Gasteiger partial charge on any atom is -0.396 e. The molecule has 0 aromatic carbocycles. The monoisotopic (exact) mass is 473 g/mol. The van der Waals surface area contributed by atoms with Gasteiger partial charge in [0, 0.05) is 30.2 Å². The van der Waals surface area contributed by atoms with Crippen molar-refractivity contribution in [1.29, 1.82) is 0 Å². The second kappa shape index (κ2) is 8.30. The molecular formula is C23H29F2N7O2. The Morgan fingerprint density at radius 2 is 2.06 bits per heavy atom. The molecule has 3 N–H and O–H groups in total. The lowest BCUT2D eigenvalue weighted by Gasteiger charge is -2.46. The standard InChI is InChI=1S/C23H29F2N7O2/c1-14(2)11-32-18-7-16(26-8-15(18)9-28-32)19-17(10-27-30-19)29-21(34)31-6-5-22(13-33,20(24)25)12-23(31)3-4-23/h7-10,14,20,33H,3-6,11-13H2,1-2H3,(H,27,30)(H,29,34). The van der Waals surface area contributed by atoms with Crippen molar-refractivity contribution >= 4 is 22.6 Å². The maximum Gasteiger partial charge on any atom is 0.322 e. The number of urea groups is 1. The predicted octanol–water partition coefficient (Wildman–Crippen LogP) is 3.88. The first-order valence-corrected chi connectivity index (χ1v) is 11.6. The summed E-state index contributed by atoms with van der Waals surface area (Å²) < 4.78 is 29.3. The fourth-order valence-electron chi connectivity index (χ4n) is 5.07. The van der Waals surface area contributed by atoms with Gasteiger partial charge in [0.15, 0.2) is 0 Å². The minimum atomic E-state index is -2.62. The van der Waals surface area contributed by atoms with Crippen LogP contribution in [0.15, 0.2) is 24.7 Å². The SMILES string of the molecule is CC(C)Cn1ncc2cnc(-c3[nH]ncc3NC(=O)N3CCC(CO)(C(F)F)CC34CC4)cc21. The Balaban J connectivity index is 1.37. The molecule has 0 bridgehead atoms. The van der Waals surface area contributed by atoms with E-state index in [1.54, 1.807) is 17.3 Å². The molecule has 2 aliphatic rings. The molecule has 1 unspecified atom stereocenters. The first kappa shape index (κ1) is 22.7. The summed E-state index contributed by atoms with van der Waals surface area (Å²) in [6, 6.07) is 1.56. The minimum absolute atomic E-state index is 0.0621. The first-order valence-electron chi connectivity index (χ1n) is 11.6. The fourth-order valence-corrected chi connectivity index (χ4v) is 5.07. The number of pyridine rings is 1. The number of likely N-dealkylation sites (tertiary alicyclic amines) is 1. The van der Waals surface area contributed by atoms with Crippen LogP contribution in [0.25, 0.3) is 22.3 Å². The number of aliphatic hydroxyl groups is 1. The third-order valence-electron chi connectivity index (χ3n) is 7.14. The van der Waals surface area contributed by atoms with Crippen LogP contribution in [0.5, 0.6) is 0 Å². The number of nitrogens with one attached hydrogen (secondary N) is 2. The van der Waals surface area contributed by atoms with E-state index in [0.29, 0.717) is 35.8 Å². The number of carbonyl (C=O) groups is 1. The van der Waals surface area contributed by atoms with Gasteiger partial charge in [-0.25, -0.2) is 13.6 Å². The molecule has 1 aliphatic carbocycles. The smallest absolute Gasteiger partial charge is 0.322 e. The highest BCUT2D eigenvalue weighted by Crippen LogP contribution is 2.55. The number of aromatic amines is 1. The molecule has 1 spiro atoms. The normalized spacial score (nSPS) is 21.7. The zero-order chi connectivity index (χ0) is 24.1. The second-order valence-corrected chi connectivity index (χ2v) is 10.1. The van der Waals surface area contributed by atoms with Gasteiger partial charge < -0.3 is 15.3 Å². The number of hydrogen-bond donors (Lipinski definition) is 3. The van der Waals surface area contributed by atoms with Gasteiger partial charge in [0.25, 0.3) is 0 Å². The van der Waals surface area contributed by atoms with Crippen molar-refractivity contribution in [2.45, 2.75) is 58.0 Å². The van der Waals surface area contributed by atoms with E-state index in [1.165, 1.54) is 6.20 Å². The quantitative estimate of drug-likeness (QED) is 0.503. The van der Waals surface area contributed by atoms with E-state index in [1.807, 2.05) is 10.7 Å². The summed E-state index contributed by atoms with van der Waals surface area (Å²) >= 11 is 0. The Kier molecular flexibility index (Phi) is 5.54. The van der Waals surface area contributed by atoms with Gasteiger partial charge in [-0.15, -0.1) is 0 Å². The van der Waals surface area contributed by atoms with E-state index in [2.05, 4.69) is 39.4 Å². The predicted molar refractivity (Wildman–Crippen MR) is 122 cm³/mol. The van der Waals surface area contributed by atoms with E-state index >= 15 is 0 Å². The number of aliphatic hydroxyl groups excluding tert-OH is 1. The summed E-state index contributed by atoms with van der Waals surface area (Å²) in [7, 11) is 0. The Morgan fingerprint density at radius 3 is 2.74 bits per heavy atom. The summed E-state index contributed by atoms with van der Waals surface area (Å²) in [5.41, 5.74) is 0.522. The number of anilines is 1. The van der Waals surface area contributed by atoms with Crippen molar-refractivity contribution in [3.8, 4) is 11.4 Å². The topological polar surface area (TPSA) is 112 Å². The molecule has 2 amide bonds. The van der Waals surface area contributed by atoms with E-state index in [-0.39, 0.29) is 25.4 Å². The van der Waals surface area contributed by atoms with Crippen molar-refractivity contribution in [3.05, 3.63) is 24.7 Å². The van der Waals surface area contributed by atoms with Crippen LogP contribution in [0.1, 0.15) is 39.5 Å². The van der Waals surface area contributed by atoms with Gasteiger partial charge >= 0.3 is 6.03 Å². The van der Waals surface area contributed by atoms with Gasteiger partial charge in [0.1, 0.15) is 5.69 Å². The maximum atomic E-state index is 13.7. The van der Waals surface area contributed by atoms with Crippen LogP contribution < -0.4 is 5.32 Å². The lowest BCUT2D eigenvalue weighted by molar-refractivity contribution is -0.0910. The Labute approximate surface area is 195 Å². The summed E-state index contributed by atoms with van der Waals surface area (Å²) in [6.07, 6.45) is 3.91. The molecule has 1 atom stereocenters. The lowest BCUT2D eigenvalue weighted by atomic mass is 9.75. The number of aromatic nitrogens is 5. The molecule has 34 heavy (non-hydrogen) atoms. The fraction of sp³-hybridized carbons (Fsp3) is 0.565. The zero-order valence-electron chi connectivity index (χ0n) is 19.3. The van der Waals surface area contributed by atoms with Crippen molar-refractivity contribution < 1.29 is 18.7 Å². The molecule has 182 valence electrons. The number of hydrogen-bond acceptors (Lipinski definition) is 5. The summed E-state index contributed by atoms with van der Waals surface area (Å²) in [5.74, 6) is 0.427. The second-order valence-electron chi connectivity index (χ2n) is 10.1. The van der Waals surface area contributed by atoms with Gasteiger partial charge in [0.2, 0.25) is 6.43 Å². The van der Waals surface area contributed by atoms with Crippen LogP contribution in [0.4, 0.5) is 19.3 Å². The van der Waals surface area contributed by atoms with Crippen LogP contribution >= 0.6 is 0 Å². The molecule has 4 heterocycles. The molecule has 1 saturated heterocycles. The van der Waals surface area contributed by atoms with E-state index < -0.39 is 24.0 Å². The number of nitrogens with zero attached hydrogens (tertiary/aromatic N) is 5. The molecule has 1 saturated carbocycles. The van der Waals surface area contributed by atoms with Crippen LogP contribution in [-0.4, -0.2) is 66.1 Å². The van der Waals surface area contributed by atoms with Gasteiger partial charge in [-0.1, -0.05) is 13.8 Å². The molecule has 9 nitrogen and oxygen atoms in total. The van der Waals surface area contributed by atoms with E-state index in [0.717, 1.165) is 17.4 Å². The molecule has 3 aromatic rings. The van der Waals surface area contributed by atoms with Crippen molar-refractivity contribution in [2.75, 3.05) is 18.5 Å². The Morgan fingerprint density at radius 1 is 1.26 bits per heavy atom. The average molecular weight is 474 g/mol. The number of carbonyl (C=O) groups excluding carboxylic acids is 1. The van der Waals surface area contributed by atoms with Gasteiger partial charge in [-0.2, -0.15) is 10.2 Å². The van der Waals surface area contributed by atoms with Crippen LogP contribution in [-0.2, 0) is 6.54 Å². The summed E-state index contributed by atoms with van der Waals surface area (Å²) in [4.78, 5) is 19.4. The summed E-state index contributed by atoms with van der Waals surface area (Å²) in [6.45, 7) is 4.61. The third kappa shape index (κ3) is 3.81. The third-order valence-corrected chi connectivity index (χ3v) is 7.14. The highest BCUT2D eigenvalue weighted by Gasteiger charge is 2.60. The van der Waals surface area contributed by atoms with Crippen molar-refractivity contribution in [1.82, 2.24) is 29.9 Å². The molecule has 5 rings (SSSR count). The highest BCUT2D eigenvalue weighted by molar-refractivity contribution is 5.94. The largest absolute Gasteiger partial charge is 0.396 e. The lowest BCUT2D eigenvalue weighted by Crippen LogP contribution is -2.55. The number of amides is 2.